The number of Topliss-reactive ketones (excluding diaryl/α,β-unsaturated/α-hetero) is 1. The van der Waals surface area contributed by atoms with Crippen LogP contribution in [0.5, 0.6) is 0 Å². The Morgan fingerprint density at radius 2 is 1.73 bits per heavy atom. The molecule has 0 amide bonds. The zero-order valence-electron chi connectivity index (χ0n) is 22.2. The topological polar surface area (TPSA) is 43.4 Å². The van der Waals surface area contributed by atoms with Gasteiger partial charge in [-0.1, -0.05) is 53.7 Å². The number of esters is 1. The summed E-state index contributed by atoms with van der Waals surface area (Å²) in [6.45, 7) is 15.7. The second kappa shape index (κ2) is 9.15. The molecule has 0 radical (unpaired) electrons. The van der Waals surface area contributed by atoms with Gasteiger partial charge in [0.2, 0.25) is 0 Å². The van der Waals surface area contributed by atoms with Crippen molar-refractivity contribution >= 4 is 11.8 Å². The average Bonchev–Trinajstić information content (AvgIpc) is 3.07. The fourth-order valence-electron chi connectivity index (χ4n) is 8.98. The molecular weight excluding hydrogens is 408 g/mol. The number of carbonyl (C=O) groups is 2. The van der Waals surface area contributed by atoms with E-state index >= 15 is 0 Å². The van der Waals surface area contributed by atoms with Crippen molar-refractivity contribution in [2.75, 3.05) is 0 Å². The molecule has 0 aromatic rings. The zero-order chi connectivity index (χ0) is 24.1. The highest BCUT2D eigenvalue weighted by molar-refractivity contribution is 5.84. The van der Waals surface area contributed by atoms with Gasteiger partial charge in [-0.25, -0.2) is 0 Å². The largest absolute Gasteiger partial charge is 0.463 e. The van der Waals surface area contributed by atoms with E-state index in [1.54, 1.807) is 0 Å². The van der Waals surface area contributed by atoms with Crippen molar-refractivity contribution in [1.29, 1.82) is 0 Å². The minimum absolute atomic E-state index is 0.0535. The van der Waals surface area contributed by atoms with Gasteiger partial charge < -0.3 is 4.74 Å². The molecule has 0 aliphatic heterocycles. The summed E-state index contributed by atoms with van der Waals surface area (Å²) in [6.07, 6.45) is 13.6. The Bertz CT molecular complexity index is 783. The predicted molar refractivity (Wildman–Crippen MR) is 133 cm³/mol. The Labute approximate surface area is 202 Å². The van der Waals surface area contributed by atoms with Crippen LogP contribution in [0, 0.1) is 58.2 Å². The van der Waals surface area contributed by atoms with E-state index in [0.29, 0.717) is 47.2 Å². The molecule has 0 heterocycles. The number of allylic oxidation sites excluding steroid dienone is 2. The second-order valence-electron chi connectivity index (χ2n) is 13.2. The van der Waals surface area contributed by atoms with Crippen LogP contribution in [0.3, 0.4) is 0 Å². The number of hydrogen-bond donors (Lipinski definition) is 0. The molecule has 4 aliphatic carbocycles. The zero-order valence-corrected chi connectivity index (χ0v) is 22.2. The molecule has 4 fully saturated rings. The van der Waals surface area contributed by atoms with Gasteiger partial charge >= 0.3 is 5.97 Å². The Morgan fingerprint density at radius 1 is 1.00 bits per heavy atom. The molecular formula is C30H48O3. The van der Waals surface area contributed by atoms with Crippen LogP contribution in [0.1, 0.15) is 99.8 Å². The van der Waals surface area contributed by atoms with Crippen molar-refractivity contribution < 1.29 is 14.3 Å². The minimum Gasteiger partial charge on any atom is -0.463 e. The average molecular weight is 457 g/mol. The standard InChI is InChI=1S/C30H48O3/c1-18(2)19(3)8-9-20(4)25-12-13-26-24-11-10-22-16-23(33-21(5)31)14-15-29(22,6)28(24)27(32)17-30(25,26)7/h8-9,18-20,22-26,28H,10-17H2,1-7H3/t19-,20+,22?,23-,24-,25+,26-,28+,29-,30+/m0/s1. The second-order valence-corrected chi connectivity index (χ2v) is 13.2. The number of carbonyl (C=O) groups excluding carboxylic acids is 2. The lowest BCUT2D eigenvalue weighted by molar-refractivity contribution is -0.169. The SMILES string of the molecule is CC(=O)O[C@H]1CC[C@@]2(C)C(CC[C@H]3[C@@H]4CC[C@H]([C@H](C)C=C[C@H](C)C(C)C)[C@@]4(C)CC(=O)[C@@H]32)C1. The van der Waals surface area contributed by atoms with Gasteiger partial charge in [0.05, 0.1) is 0 Å². The van der Waals surface area contributed by atoms with Gasteiger partial charge in [-0.3, -0.25) is 9.59 Å². The predicted octanol–water partition coefficient (Wildman–Crippen LogP) is 7.24. The summed E-state index contributed by atoms with van der Waals surface area (Å²) < 4.78 is 5.60. The van der Waals surface area contributed by atoms with E-state index in [2.05, 4.69) is 53.7 Å². The molecule has 0 aromatic heterocycles. The summed E-state index contributed by atoms with van der Waals surface area (Å²) in [4.78, 5) is 25.4. The maximum absolute atomic E-state index is 13.9. The Balaban J connectivity index is 1.52. The molecule has 0 aromatic carbocycles. The highest BCUT2D eigenvalue weighted by atomic mass is 16.5. The van der Waals surface area contributed by atoms with Crippen LogP contribution >= 0.6 is 0 Å². The van der Waals surface area contributed by atoms with Gasteiger partial charge in [-0.15, -0.1) is 0 Å². The molecule has 33 heavy (non-hydrogen) atoms. The van der Waals surface area contributed by atoms with Crippen LogP contribution in [0.2, 0.25) is 0 Å². The summed E-state index contributed by atoms with van der Waals surface area (Å²) in [5.41, 5.74) is 0.246. The lowest BCUT2D eigenvalue weighted by atomic mass is 9.44. The Hall–Kier alpha value is -1.12. The van der Waals surface area contributed by atoms with E-state index < -0.39 is 0 Å². The van der Waals surface area contributed by atoms with Gasteiger partial charge in [0, 0.05) is 19.3 Å². The van der Waals surface area contributed by atoms with E-state index in [0.717, 1.165) is 25.7 Å². The fraction of sp³-hybridized carbons (Fsp3) is 0.867. The third kappa shape index (κ3) is 4.36. The van der Waals surface area contributed by atoms with Crippen molar-refractivity contribution in [2.45, 2.75) is 106 Å². The van der Waals surface area contributed by atoms with Crippen molar-refractivity contribution in [3.63, 3.8) is 0 Å². The molecule has 4 aliphatic rings. The minimum atomic E-state index is -0.162. The summed E-state index contributed by atoms with van der Waals surface area (Å²) in [5.74, 6) is 4.80. The van der Waals surface area contributed by atoms with Crippen molar-refractivity contribution in [3.8, 4) is 0 Å². The van der Waals surface area contributed by atoms with Crippen LogP contribution in [0.15, 0.2) is 12.2 Å². The molecule has 10 atom stereocenters. The molecule has 186 valence electrons. The lowest BCUT2D eigenvalue weighted by Crippen LogP contribution is -2.58. The number of fused-ring (bicyclic) bond motifs is 5. The normalized spacial score (nSPS) is 44.8. The smallest absolute Gasteiger partial charge is 0.302 e. The van der Waals surface area contributed by atoms with Crippen LogP contribution in [-0.2, 0) is 14.3 Å². The third-order valence-electron chi connectivity index (χ3n) is 11.1. The first-order chi connectivity index (χ1) is 15.5. The molecule has 3 heteroatoms. The monoisotopic (exact) mass is 456 g/mol. The van der Waals surface area contributed by atoms with Gasteiger partial charge in [0.25, 0.3) is 0 Å². The van der Waals surface area contributed by atoms with E-state index in [4.69, 9.17) is 4.74 Å². The van der Waals surface area contributed by atoms with E-state index in [1.807, 2.05) is 0 Å². The molecule has 4 saturated carbocycles. The molecule has 4 rings (SSSR count). The quantitative estimate of drug-likeness (QED) is 0.323. The van der Waals surface area contributed by atoms with Crippen LogP contribution in [0.4, 0.5) is 0 Å². The van der Waals surface area contributed by atoms with Gasteiger partial charge in [0.15, 0.2) is 0 Å². The molecule has 0 N–H and O–H groups in total. The van der Waals surface area contributed by atoms with E-state index in [1.165, 1.54) is 32.6 Å². The highest BCUT2D eigenvalue weighted by Gasteiger charge is 2.63. The number of ether oxygens (including phenoxy) is 1. The highest BCUT2D eigenvalue weighted by Crippen LogP contribution is 2.67. The molecule has 0 spiro atoms. The molecule has 1 unspecified atom stereocenters. The molecule has 3 nitrogen and oxygen atoms in total. The summed E-state index contributed by atoms with van der Waals surface area (Å²) in [6, 6.07) is 0. The number of ketones is 1. The maximum Gasteiger partial charge on any atom is 0.302 e. The Morgan fingerprint density at radius 3 is 2.39 bits per heavy atom. The Kier molecular flexibility index (Phi) is 6.93. The van der Waals surface area contributed by atoms with Crippen molar-refractivity contribution in [1.82, 2.24) is 0 Å². The van der Waals surface area contributed by atoms with Gasteiger partial charge in [0.1, 0.15) is 11.9 Å². The van der Waals surface area contributed by atoms with Crippen molar-refractivity contribution in [3.05, 3.63) is 12.2 Å². The van der Waals surface area contributed by atoms with Crippen LogP contribution in [0.25, 0.3) is 0 Å². The van der Waals surface area contributed by atoms with Gasteiger partial charge in [-0.2, -0.15) is 0 Å². The fourth-order valence-corrected chi connectivity index (χ4v) is 8.98. The molecule has 0 saturated heterocycles. The van der Waals surface area contributed by atoms with E-state index in [9.17, 15) is 9.59 Å². The van der Waals surface area contributed by atoms with Crippen LogP contribution < -0.4 is 0 Å². The van der Waals surface area contributed by atoms with Crippen LogP contribution in [-0.4, -0.2) is 17.9 Å². The van der Waals surface area contributed by atoms with Gasteiger partial charge in [-0.05, 0) is 97.2 Å². The number of rotatable bonds is 5. The van der Waals surface area contributed by atoms with E-state index in [-0.39, 0.29) is 28.8 Å². The lowest BCUT2D eigenvalue weighted by Gasteiger charge is -2.60. The maximum atomic E-state index is 13.9. The first-order valence-corrected chi connectivity index (χ1v) is 13.9. The number of hydrogen-bond acceptors (Lipinski definition) is 3. The summed E-state index contributed by atoms with van der Waals surface area (Å²) in [7, 11) is 0. The first kappa shape index (κ1) is 25.0. The molecule has 0 bridgehead atoms. The summed E-state index contributed by atoms with van der Waals surface area (Å²) in [5, 5.41) is 0. The third-order valence-corrected chi connectivity index (χ3v) is 11.1. The summed E-state index contributed by atoms with van der Waals surface area (Å²) >= 11 is 0. The first-order valence-electron chi connectivity index (χ1n) is 13.9. The van der Waals surface area contributed by atoms with Crippen molar-refractivity contribution in [2.24, 2.45) is 58.2 Å².